The molecule has 2 aromatic rings. The van der Waals surface area contributed by atoms with Crippen LogP contribution in [-0.2, 0) is 9.59 Å². The number of fused-ring (bicyclic) bond motifs is 2. The third-order valence-electron chi connectivity index (χ3n) is 3.94. The number of aromatic nitrogens is 1. The van der Waals surface area contributed by atoms with Crippen LogP contribution in [0.2, 0.25) is 0 Å². The van der Waals surface area contributed by atoms with E-state index in [1.54, 1.807) is 11.3 Å². The van der Waals surface area contributed by atoms with Gasteiger partial charge in [-0.2, -0.15) is 0 Å². The highest BCUT2D eigenvalue weighted by atomic mass is 32.2. The van der Waals surface area contributed by atoms with Gasteiger partial charge in [0.1, 0.15) is 17.1 Å². The SMILES string of the molecule is NC1C(=O)N2C(C(=O)O)=C(CSc3nc4ccccc4s3)CSC12. The van der Waals surface area contributed by atoms with Gasteiger partial charge in [-0.1, -0.05) is 23.9 Å². The lowest BCUT2D eigenvalue weighted by molar-refractivity contribution is -0.147. The lowest BCUT2D eigenvalue weighted by Crippen LogP contribution is -2.68. The topological polar surface area (TPSA) is 96.5 Å². The second-order valence-corrected chi connectivity index (χ2v) is 8.79. The van der Waals surface area contributed by atoms with Crippen molar-refractivity contribution < 1.29 is 14.7 Å². The molecule has 6 nitrogen and oxygen atoms in total. The number of carboxylic acid groups (broad SMARTS) is 1. The van der Waals surface area contributed by atoms with E-state index >= 15 is 0 Å². The largest absolute Gasteiger partial charge is 0.477 e. The normalized spacial score (nSPS) is 23.4. The number of aliphatic carboxylic acids is 1. The van der Waals surface area contributed by atoms with Crippen molar-refractivity contribution in [3.63, 3.8) is 0 Å². The molecule has 124 valence electrons. The zero-order valence-electron chi connectivity index (χ0n) is 12.3. The van der Waals surface area contributed by atoms with Gasteiger partial charge in [-0.05, 0) is 17.7 Å². The van der Waals surface area contributed by atoms with Gasteiger partial charge in [0, 0.05) is 11.5 Å². The van der Waals surface area contributed by atoms with E-state index in [1.807, 2.05) is 24.3 Å². The van der Waals surface area contributed by atoms with Crippen molar-refractivity contribution in [1.29, 1.82) is 0 Å². The highest BCUT2D eigenvalue weighted by Gasteiger charge is 2.51. The van der Waals surface area contributed by atoms with E-state index in [0.29, 0.717) is 11.5 Å². The predicted octanol–water partition coefficient (Wildman–Crippen LogP) is 1.97. The van der Waals surface area contributed by atoms with Crippen LogP contribution >= 0.6 is 34.9 Å². The zero-order chi connectivity index (χ0) is 16.8. The number of benzene rings is 1. The van der Waals surface area contributed by atoms with E-state index in [-0.39, 0.29) is 17.0 Å². The van der Waals surface area contributed by atoms with Crippen molar-refractivity contribution >= 4 is 57.0 Å². The zero-order valence-corrected chi connectivity index (χ0v) is 14.8. The van der Waals surface area contributed by atoms with Crippen LogP contribution in [0, 0.1) is 0 Å². The summed E-state index contributed by atoms with van der Waals surface area (Å²) < 4.78 is 2.00. The summed E-state index contributed by atoms with van der Waals surface area (Å²) in [7, 11) is 0. The Hall–Kier alpha value is -1.55. The van der Waals surface area contributed by atoms with Crippen LogP contribution in [-0.4, -0.2) is 49.8 Å². The summed E-state index contributed by atoms with van der Waals surface area (Å²) in [6, 6.07) is 7.29. The number of nitrogens with zero attached hydrogens (tertiary/aromatic N) is 2. The first-order valence-electron chi connectivity index (χ1n) is 7.20. The van der Waals surface area contributed by atoms with Gasteiger partial charge in [0.15, 0.2) is 4.34 Å². The molecular weight excluding hydrogens is 366 g/mol. The molecule has 4 rings (SSSR count). The third-order valence-corrected chi connectivity index (χ3v) is 7.56. The summed E-state index contributed by atoms with van der Waals surface area (Å²) in [5.74, 6) is -0.311. The van der Waals surface area contributed by atoms with Crippen molar-refractivity contribution in [2.24, 2.45) is 5.73 Å². The molecule has 2 atom stereocenters. The number of hydrogen-bond donors (Lipinski definition) is 2. The summed E-state index contributed by atoms with van der Waals surface area (Å²) in [5, 5.41) is 9.27. The number of carbonyl (C=O) groups excluding carboxylic acids is 1. The number of hydrogen-bond acceptors (Lipinski definition) is 7. The van der Waals surface area contributed by atoms with E-state index in [4.69, 9.17) is 5.73 Å². The molecule has 1 saturated heterocycles. The van der Waals surface area contributed by atoms with Gasteiger partial charge in [-0.3, -0.25) is 9.69 Å². The minimum absolute atomic E-state index is 0.0964. The Morgan fingerprint density at radius 3 is 3.00 bits per heavy atom. The number of nitrogens with two attached hydrogens (primary N) is 1. The highest BCUT2D eigenvalue weighted by molar-refractivity contribution is 8.02. The van der Waals surface area contributed by atoms with Gasteiger partial charge in [0.2, 0.25) is 5.91 Å². The maximum absolute atomic E-state index is 11.9. The fraction of sp³-hybridized carbons (Fsp3) is 0.267. The molecular formula is C15H13N3O3S3. The quantitative estimate of drug-likeness (QED) is 0.619. The lowest BCUT2D eigenvalue weighted by atomic mass is 10.0. The first-order chi connectivity index (χ1) is 11.6. The van der Waals surface area contributed by atoms with Crippen LogP contribution in [0.5, 0.6) is 0 Å². The van der Waals surface area contributed by atoms with Crippen LogP contribution < -0.4 is 5.73 Å². The molecule has 2 aliphatic heterocycles. The minimum atomic E-state index is -1.07. The summed E-state index contributed by atoms with van der Waals surface area (Å²) >= 11 is 4.62. The smallest absolute Gasteiger partial charge is 0.352 e. The van der Waals surface area contributed by atoms with Crippen LogP contribution in [0.3, 0.4) is 0 Å². The van der Waals surface area contributed by atoms with Gasteiger partial charge in [0.05, 0.1) is 10.2 Å². The standard InChI is InChI=1S/C15H13N3O3S3/c16-10-12(19)18-11(14(20)21)7(5-22-13(10)18)6-23-15-17-8-3-1-2-4-9(8)24-15/h1-4,10,13H,5-6,16H2,(H,20,21). The Balaban J connectivity index is 1.58. The number of β-lactam (4-membered cyclic amide) rings is 1. The molecule has 1 fully saturated rings. The number of carboxylic acids is 1. The molecule has 0 spiro atoms. The Labute approximate surface area is 150 Å². The second kappa shape index (κ2) is 6.07. The molecule has 1 aromatic heterocycles. The van der Waals surface area contributed by atoms with E-state index < -0.39 is 12.0 Å². The number of carbonyl (C=O) groups is 2. The minimum Gasteiger partial charge on any atom is -0.477 e. The van der Waals surface area contributed by atoms with Crippen molar-refractivity contribution in [2.45, 2.75) is 15.8 Å². The summed E-state index contributed by atoms with van der Waals surface area (Å²) in [6.45, 7) is 0. The molecule has 0 bridgehead atoms. The van der Waals surface area contributed by atoms with E-state index in [0.717, 1.165) is 20.1 Å². The van der Waals surface area contributed by atoms with Crippen LogP contribution in [0.4, 0.5) is 0 Å². The summed E-state index contributed by atoms with van der Waals surface area (Å²) in [4.78, 5) is 29.4. The Morgan fingerprint density at radius 1 is 1.46 bits per heavy atom. The molecule has 9 heteroatoms. The van der Waals surface area contributed by atoms with Crippen LogP contribution in [0.25, 0.3) is 10.2 Å². The van der Waals surface area contributed by atoms with Gasteiger partial charge in [-0.25, -0.2) is 9.78 Å². The van der Waals surface area contributed by atoms with Crippen LogP contribution in [0.15, 0.2) is 39.9 Å². The molecule has 1 aromatic carbocycles. The number of thiazole rings is 1. The fourth-order valence-corrected chi connectivity index (χ4v) is 6.25. The maximum Gasteiger partial charge on any atom is 0.352 e. The lowest BCUT2D eigenvalue weighted by Gasteiger charge is -2.48. The fourth-order valence-electron chi connectivity index (χ4n) is 2.75. The molecule has 2 unspecified atom stereocenters. The van der Waals surface area contributed by atoms with Crippen molar-refractivity contribution in [1.82, 2.24) is 9.88 Å². The second-order valence-electron chi connectivity index (χ2n) is 5.43. The van der Waals surface area contributed by atoms with Gasteiger partial charge < -0.3 is 10.8 Å². The average molecular weight is 379 g/mol. The monoisotopic (exact) mass is 379 g/mol. The Morgan fingerprint density at radius 2 is 2.25 bits per heavy atom. The van der Waals surface area contributed by atoms with Gasteiger partial charge in [-0.15, -0.1) is 23.1 Å². The Bertz CT molecular complexity index is 846. The van der Waals surface area contributed by atoms with Crippen molar-refractivity contribution in [2.75, 3.05) is 11.5 Å². The molecule has 0 saturated carbocycles. The Kier molecular flexibility index (Phi) is 4.03. The summed E-state index contributed by atoms with van der Waals surface area (Å²) in [6.07, 6.45) is 0. The van der Waals surface area contributed by atoms with Gasteiger partial charge in [0.25, 0.3) is 0 Å². The van der Waals surface area contributed by atoms with Crippen LogP contribution in [0.1, 0.15) is 0 Å². The highest BCUT2D eigenvalue weighted by Crippen LogP contribution is 2.41. The number of amides is 1. The first-order valence-corrected chi connectivity index (χ1v) is 10.1. The maximum atomic E-state index is 11.9. The third kappa shape index (κ3) is 2.52. The van der Waals surface area contributed by atoms with E-state index in [1.165, 1.54) is 28.4 Å². The molecule has 3 N–H and O–H groups in total. The first kappa shape index (κ1) is 15.9. The molecule has 0 aliphatic carbocycles. The number of para-hydroxylation sites is 1. The van der Waals surface area contributed by atoms with Crippen molar-refractivity contribution in [3.8, 4) is 0 Å². The number of rotatable bonds is 4. The van der Waals surface area contributed by atoms with E-state index in [9.17, 15) is 14.7 Å². The molecule has 2 aliphatic rings. The molecule has 24 heavy (non-hydrogen) atoms. The summed E-state index contributed by atoms with van der Waals surface area (Å²) in [5.41, 5.74) is 7.54. The molecule has 1 amide bonds. The molecule has 3 heterocycles. The molecule has 0 radical (unpaired) electrons. The number of thioether (sulfide) groups is 2. The predicted molar refractivity (Wildman–Crippen MR) is 96.1 cm³/mol. The van der Waals surface area contributed by atoms with Crippen molar-refractivity contribution in [3.05, 3.63) is 35.5 Å². The van der Waals surface area contributed by atoms with E-state index in [2.05, 4.69) is 4.98 Å². The average Bonchev–Trinajstić information content (AvgIpc) is 3.01. The van der Waals surface area contributed by atoms with Gasteiger partial charge >= 0.3 is 5.97 Å².